The molecule has 5 nitrogen and oxygen atoms in total. The number of aryl methyl sites for hydroxylation is 1. The molecule has 2 aromatic rings. The molecule has 0 fully saturated rings. The molecule has 0 bridgehead atoms. The second-order valence-electron chi connectivity index (χ2n) is 5.71. The summed E-state index contributed by atoms with van der Waals surface area (Å²) >= 11 is 4.95. The predicted molar refractivity (Wildman–Crippen MR) is 93.7 cm³/mol. The van der Waals surface area contributed by atoms with Crippen molar-refractivity contribution >= 4 is 38.2 Å². The van der Waals surface area contributed by atoms with Crippen molar-refractivity contribution in [3.05, 3.63) is 32.4 Å². The highest BCUT2D eigenvalue weighted by Gasteiger charge is 2.24. The smallest absolute Gasteiger partial charge is 0.249 e. The van der Waals surface area contributed by atoms with Crippen LogP contribution in [0.3, 0.4) is 0 Å². The van der Waals surface area contributed by atoms with Crippen LogP contribution in [0.25, 0.3) is 0 Å². The number of rotatable bonds is 3. The van der Waals surface area contributed by atoms with Crippen LogP contribution in [0.5, 0.6) is 0 Å². The molecule has 1 N–H and O–H groups in total. The highest BCUT2D eigenvalue weighted by molar-refractivity contribution is 9.10. The first kappa shape index (κ1) is 16.2. The Bertz CT molecular complexity index is 802. The van der Waals surface area contributed by atoms with Crippen molar-refractivity contribution in [2.24, 2.45) is 0 Å². The molecule has 2 heterocycles. The van der Waals surface area contributed by atoms with Crippen molar-refractivity contribution in [2.75, 3.05) is 5.32 Å². The van der Waals surface area contributed by atoms with Gasteiger partial charge in [-0.2, -0.15) is 10.4 Å². The van der Waals surface area contributed by atoms with E-state index < -0.39 is 6.04 Å². The van der Waals surface area contributed by atoms with Crippen molar-refractivity contribution in [3.8, 4) is 6.07 Å². The van der Waals surface area contributed by atoms with Gasteiger partial charge in [0.25, 0.3) is 0 Å². The van der Waals surface area contributed by atoms with Gasteiger partial charge in [-0.3, -0.25) is 9.48 Å². The Labute approximate surface area is 147 Å². The third kappa shape index (κ3) is 2.93. The average molecular weight is 393 g/mol. The zero-order valence-corrected chi connectivity index (χ0v) is 15.4. The summed E-state index contributed by atoms with van der Waals surface area (Å²) in [5, 5.41) is 17.3. The maximum absolute atomic E-state index is 12.6. The van der Waals surface area contributed by atoms with Crippen molar-refractivity contribution in [1.82, 2.24) is 9.78 Å². The van der Waals surface area contributed by atoms with Crippen LogP contribution < -0.4 is 5.32 Å². The average Bonchev–Trinajstić information content (AvgIpc) is 3.06. The zero-order chi connectivity index (χ0) is 16.6. The molecule has 2 aromatic heterocycles. The van der Waals surface area contributed by atoms with E-state index in [0.29, 0.717) is 10.6 Å². The molecule has 0 spiro atoms. The Kier molecular flexibility index (Phi) is 4.55. The summed E-state index contributed by atoms with van der Waals surface area (Å²) in [5.74, 6) is -0.154. The number of amides is 1. The van der Waals surface area contributed by atoms with Crippen LogP contribution in [-0.4, -0.2) is 15.7 Å². The molecule has 1 aliphatic rings. The van der Waals surface area contributed by atoms with Crippen LogP contribution in [0.15, 0.2) is 10.7 Å². The van der Waals surface area contributed by atoms with Crippen LogP contribution in [-0.2, 0) is 17.6 Å². The summed E-state index contributed by atoms with van der Waals surface area (Å²) in [6.45, 7) is 3.72. The van der Waals surface area contributed by atoms with Gasteiger partial charge in [0.1, 0.15) is 17.1 Å². The summed E-state index contributed by atoms with van der Waals surface area (Å²) in [7, 11) is 0. The van der Waals surface area contributed by atoms with Crippen LogP contribution >= 0.6 is 27.3 Å². The number of aromatic nitrogens is 2. The molecule has 0 aromatic carbocycles. The van der Waals surface area contributed by atoms with E-state index in [-0.39, 0.29) is 5.91 Å². The van der Waals surface area contributed by atoms with E-state index in [2.05, 4.69) is 32.4 Å². The molecule has 0 radical (unpaired) electrons. The number of hydrogen-bond acceptors (Lipinski definition) is 4. The number of nitrogens with one attached hydrogen (secondary N) is 1. The molecule has 1 atom stereocenters. The summed E-state index contributed by atoms with van der Waals surface area (Å²) in [6.07, 6.45) is 5.89. The minimum Gasteiger partial charge on any atom is -0.315 e. The van der Waals surface area contributed by atoms with Crippen molar-refractivity contribution in [3.63, 3.8) is 0 Å². The number of anilines is 1. The number of thiophene rings is 1. The zero-order valence-electron chi connectivity index (χ0n) is 13.0. The van der Waals surface area contributed by atoms with Crippen LogP contribution in [0.1, 0.15) is 47.5 Å². The van der Waals surface area contributed by atoms with Gasteiger partial charge in [0.05, 0.1) is 21.9 Å². The number of carbonyl (C=O) groups excluding carboxylic acids is 1. The Morgan fingerprint density at radius 3 is 2.91 bits per heavy atom. The molecule has 0 unspecified atom stereocenters. The fourth-order valence-electron chi connectivity index (χ4n) is 2.89. The Balaban J connectivity index is 1.84. The van der Waals surface area contributed by atoms with Gasteiger partial charge < -0.3 is 5.32 Å². The molecule has 23 heavy (non-hydrogen) atoms. The number of nitriles is 1. The number of carbonyl (C=O) groups is 1. The van der Waals surface area contributed by atoms with Gasteiger partial charge in [0.15, 0.2) is 0 Å². The lowest BCUT2D eigenvalue weighted by Crippen LogP contribution is -2.25. The van der Waals surface area contributed by atoms with E-state index in [1.165, 1.54) is 4.88 Å². The number of hydrogen-bond donors (Lipinski definition) is 1. The standard InChI is InChI=1S/C16H17BrN4OS/c1-9-13(17)8-19-21(9)10(2)15(22)20-16-12(7-18)11-5-3-4-6-14(11)23-16/h8,10H,3-6H2,1-2H3,(H,20,22)/t10-/m1/s1. The fourth-order valence-corrected chi connectivity index (χ4v) is 4.41. The van der Waals surface area contributed by atoms with E-state index >= 15 is 0 Å². The minimum atomic E-state index is -0.438. The van der Waals surface area contributed by atoms with Crippen molar-refractivity contribution in [1.29, 1.82) is 5.26 Å². The van der Waals surface area contributed by atoms with E-state index in [4.69, 9.17) is 0 Å². The molecular formula is C16H17BrN4OS. The van der Waals surface area contributed by atoms with Gasteiger partial charge >= 0.3 is 0 Å². The van der Waals surface area contributed by atoms with Crippen molar-refractivity contribution in [2.45, 2.75) is 45.6 Å². The van der Waals surface area contributed by atoms with E-state index in [0.717, 1.165) is 41.4 Å². The lowest BCUT2D eigenvalue weighted by molar-refractivity contribution is -0.119. The first-order valence-corrected chi connectivity index (χ1v) is 9.19. The molecule has 120 valence electrons. The normalized spacial score (nSPS) is 14.9. The van der Waals surface area contributed by atoms with Gasteiger partial charge in [0, 0.05) is 4.88 Å². The Morgan fingerprint density at radius 1 is 1.52 bits per heavy atom. The minimum absolute atomic E-state index is 0.154. The molecule has 1 aliphatic carbocycles. The summed E-state index contributed by atoms with van der Waals surface area (Å²) in [4.78, 5) is 13.8. The van der Waals surface area contributed by atoms with Crippen LogP contribution in [0.4, 0.5) is 5.00 Å². The maximum Gasteiger partial charge on any atom is 0.249 e. The van der Waals surface area contributed by atoms with E-state index in [1.807, 2.05) is 6.92 Å². The summed E-state index contributed by atoms with van der Waals surface area (Å²) in [6, 6.07) is 1.83. The maximum atomic E-state index is 12.6. The third-order valence-electron chi connectivity index (χ3n) is 4.25. The molecular weight excluding hydrogens is 376 g/mol. The second kappa shape index (κ2) is 6.46. The van der Waals surface area contributed by atoms with Gasteiger partial charge in [-0.1, -0.05) is 0 Å². The van der Waals surface area contributed by atoms with E-state index in [1.54, 1.807) is 29.1 Å². The molecule has 0 saturated heterocycles. The van der Waals surface area contributed by atoms with Gasteiger partial charge in [-0.25, -0.2) is 0 Å². The Hall–Kier alpha value is -1.65. The SMILES string of the molecule is Cc1c(Br)cnn1[C@H](C)C(=O)Nc1sc2c(c1C#N)CCCC2. The molecule has 7 heteroatoms. The lowest BCUT2D eigenvalue weighted by Gasteiger charge is -2.14. The van der Waals surface area contributed by atoms with Gasteiger partial charge in [-0.05, 0) is 61.0 Å². The molecule has 0 saturated carbocycles. The highest BCUT2D eigenvalue weighted by Crippen LogP contribution is 2.37. The quantitative estimate of drug-likeness (QED) is 0.858. The predicted octanol–water partition coefficient (Wildman–Crippen LogP) is 3.97. The third-order valence-corrected chi connectivity index (χ3v) is 6.24. The first-order chi connectivity index (χ1) is 11.0. The van der Waals surface area contributed by atoms with Gasteiger partial charge in [-0.15, -0.1) is 11.3 Å². The highest BCUT2D eigenvalue weighted by atomic mass is 79.9. The largest absolute Gasteiger partial charge is 0.315 e. The van der Waals surface area contributed by atoms with Crippen LogP contribution in [0.2, 0.25) is 0 Å². The van der Waals surface area contributed by atoms with Gasteiger partial charge in [0.2, 0.25) is 5.91 Å². The number of nitrogens with zero attached hydrogens (tertiary/aromatic N) is 3. The topological polar surface area (TPSA) is 70.7 Å². The van der Waals surface area contributed by atoms with Crippen LogP contribution in [0, 0.1) is 18.3 Å². The fraction of sp³-hybridized carbons (Fsp3) is 0.438. The lowest BCUT2D eigenvalue weighted by atomic mass is 9.96. The second-order valence-corrected chi connectivity index (χ2v) is 7.67. The summed E-state index contributed by atoms with van der Waals surface area (Å²) in [5.41, 5.74) is 2.67. The first-order valence-electron chi connectivity index (χ1n) is 7.58. The summed E-state index contributed by atoms with van der Waals surface area (Å²) < 4.78 is 2.56. The van der Waals surface area contributed by atoms with E-state index in [9.17, 15) is 10.1 Å². The van der Waals surface area contributed by atoms with Crippen molar-refractivity contribution < 1.29 is 4.79 Å². The molecule has 3 rings (SSSR count). The monoisotopic (exact) mass is 392 g/mol. The number of fused-ring (bicyclic) bond motifs is 1. The molecule has 1 amide bonds. The number of halogens is 1. The Morgan fingerprint density at radius 2 is 2.26 bits per heavy atom. The molecule has 0 aliphatic heterocycles.